The first-order chi connectivity index (χ1) is 7.18. The standard InChI is InChI=1S/C11H18N2O2/c1-9(2)12-6-5-11(14)13-8-10-4-3-7-15-10/h3-4,7,9,12H,5-6,8H2,1-2H3,(H,13,14). The van der Waals surface area contributed by atoms with Crippen molar-refractivity contribution in [3.8, 4) is 0 Å². The van der Waals surface area contributed by atoms with Crippen molar-refractivity contribution >= 4 is 5.91 Å². The van der Waals surface area contributed by atoms with E-state index in [-0.39, 0.29) is 5.91 Å². The molecule has 1 aromatic rings. The van der Waals surface area contributed by atoms with Crippen molar-refractivity contribution in [1.82, 2.24) is 10.6 Å². The van der Waals surface area contributed by atoms with Crippen molar-refractivity contribution in [1.29, 1.82) is 0 Å². The van der Waals surface area contributed by atoms with Crippen molar-refractivity contribution in [2.75, 3.05) is 6.54 Å². The van der Waals surface area contributed by atoms with E-state index in [2.05, 4.69) is 24.5 Å². The number of amides is 1. The molecule has 0 aliphatic heterocycles. The van der Waals surface area contributed by atoms with Gasteiger partial charge in [-0.25, -0.2) is 0 Å². The molecule has 1 rings (SSSR count). The monoisotopic (exact) mass is 210 g/mol. The maximum Gasteiger partial charge on any atom is 0.221 e. The molecule has 0 aliphatic carbocycles. The minimum atomic E-state index is 0.0413. The second-order valence-corrected chi connectivity index (χ2v) is 3.71. The molecule has 2 N–H and O–H groups in total. The lowest BCUT2D eigenvalue weighted by atomic mass is 10.3. The molecular formula is C11H18N2O2. The SMILES string of the molecule is CC(C)NCCC(=O)NCc1ccco1. The lowest BCUT2D eigenvalue weighted by molar-refractivity contribution is -0.121. The minimum Gasteiger partial charge on any atom is -0.467 e. The van der Waals surface area contributed by atoms with E-state index in [9.17, 15) is 4.79 Å². The Kier molecular flexibility index (Phi) is 4.90. The second-order valence-electron chi connectivity index (χ2n) is 3.71. The van der Waals surface area contributed by atoms with Gasteiger partial charge in [0.1, 0.15) is 5.76 Å². The summed E-state index contributed by atoms with van der Waals surface area (Å²) in [6.07, 6.45) is 2.10. The third kappa shape index (κ3) is 5.22. The highest BCUT2D eigenvalue weighted by atomic mass is 16.3. The Morgan fingerprint density at radius 3 is 2.93 bits per heavy atom. The summed E-state index contributed by atoms with van der Waals surface area (Å²) in [4.78, 5) is 11.3. The maximum absolute atomic E-state index is 11.3. The fourth-order valence-electron chi connectivity index (χ4n) is 1.16. The van der Waals surface area contributed by atoms with Crippen LogP contribution in [0, 0.1) is 0 Å². The van der Waals surface area contributed by atoms with E-state index in [1.54, 1.807) is 6.26 Å². The Balaban J connectivity index is 2.09. The first kappa shape index (κ1) is 11.8. The zero-order chi connectivity index (χ0) is 11.1. The van der Waals surface area contributed by atoms with Gasteiger partial charge in [-0.2, -0.15) is 0 Å². The molecule has 0 atom stereocenters. The van der Waals surface area contributed by atoms with Gasteiger partial charge in [-0.1, -0.05) is 13.8 Å². The van der Waals surface area contributed by atoms with E-state index in [0.29, 0.717) is 25.6 Å². The van der Waals surface area contributed by atoms with E-state index in [4.69, 9.17) is 4.42 Å². The smallest absolute Gasteiger partial charge is 0.221 e. The highest BCUT2D eigenvalue weighted by molar-refractivity contribution is 5.75. The molecule has 1 aromatic heterocycles. The maximum atomic E-state index is 11.3. The van der Waals surface area contributed by atoms with Crippen LogP contribution in [0.5, 0.6) is 0 Å². The number of hydrogen-bond donors (Lipinski definition) is 2. The Morgan fingerprint density at radius 1 is 1.53 bits per heavy atom. The van der Waals surface area contributed by atoms with E-state index >= 15 is 0 Å². The molecule has 0 aromatic carbocycles. The quantitative estimate of drug-likeness (QED) is 0.743. The van der Waals surface area contributed by atoms with Crippen molar-refractivity contribution < 1.29 is 9.21 Å². The van der Waals surface area contributed by atoms with Crippen molar-refractivity contribution in [3.05, 3.63) is 24.2 Å². The fraction of sp³-hybridized carbons (Fsp3) is 0.545. The van der Waals surface area contributed by atoms with Crippen LogP contribution in [0.3, 0.4) is 0 Å². The Labute approximate surface area is 90.0 Å². The third-order valence-corrected chi connectivity index (χ3v) is 1.94. The van der Waals surface area contributed by atoms with Gasteiger partial charge in [-0.15, -0.1) is 0 Å². The second kappa shape index (κ2) is 6.24. The molecule has 84 valence electrons. The number of rotatable bonds is 6. The molecule has 0 unspecified atom stereocenters. The Hall–Kier alpha value is -1.29. The first-order valence-corrected chi connectivity index (χ1v) is 5.21. The van der Waals surface area contributed by atoms with Gasteiger partial charge in [0.05, 0.1) is 12.8 Å². The zero-order valence-electron chi connectivity index (χ0n) is 9.25. The fourth-order valence-corrected chi connectivity index (χ4v) is 1.16. The number of furan rings is 1. The van der Waals surface area contributed by atoms with Gasteiger partial charge in [0, 0.05) is 19.0 Å². The minimum absolute atomic E-state index is 0.0413. The summed E-state index contributed by atoms with van der Waals surface area (Å²) in [5.41, 5.74) is 0. The molecule has 1 amide bonds. The zero-order valence-corrected chi connectivity index (χ0v) is 9.25. The average molecular weight is 210 g/mol. The molecule has 0 saturated carbocycles. The van der Waals surface area contributed by atoms with Crippen LogP contribution in [0.1, 0.15) is 26.0 Å². The van der Waals surface area contributed by atoms with Crippen LogP contribution in [0.4, 0.5) is 0 Å². The molecule has 0 radical (unpaired) electrons. The van der Waals surface area contributed by atoms with Crippen LogP contribution in [0.2, 0.25) is 0 Å². The van der Waals surface area contributed by atoms with Gasteiger partial charge in [-0.3, -0.25) is 4.79 Å². The van der Waals surface area contributed by atoms with Crippen LogP contribution in [0.15, 0.2) is 22.8 Å². The van der Waals surface area contributed by atoms with Crippen LogP contribution >= 0.6 is 0 Å². The van der Waals surface area contributed by atoms with E-state index in [1.165, 1.54) is 0 Å². The average Bonchev–Trinajstić information content (AvgIpc) is 2.66. The number of carbonyl (C=O) groups is 1. The highest BCUT2D eigenvalue weighted by Crippen LogP contribution is 1.98. The summed E-state index contributed by atoms with van der Waals surface area (Å²) in [6.45, 7) is 5.29. The van der Waals surface area contributed by atoms with E-state index in [0.717, 1.165) is 5.76 Å². The molecule has 0 spiro atoms. The number of hydrogen-bond acceptors (Lipinski definition) is 3. The summed E-state index contributed by atoms with van der Waals surface area (Å²) in [7, 11) is 0. The molecule has 0 fully saturated rings. The predicted octanol–water partition coefficient (Wildman–Crippen LogP) is 1.28. The summed E-state index contributed by atoms with van der Waals surface area (Å²) < 4.78 is 5.10. The van der Waals surface area contributed by atoms with Crippen LogP contribution < -0.4 is 10.6 Å². The first-order valence-electron chi connectivity index (χ1n) is 5.21. The van der Waals surface area contributed by atoms with Crippen molar-refractivity contribution in [2.24, 2.45) is 0 Å². The van der Waals surface area contributed by atoms with Crippen LogP contribution in [-0.4, -0.2) is 18.5 Å². The number of nitrogens with one attached hydrogen (secondary N) is 2. The van der Waals surface area contributed by atoms with Gasteiger partial charge >= 0.3 is 0 Å². The van der Waals surface area contributed by atoms with Gasteiger partial charge in [0.15, 0.2) is 0 Å². The van der Waals surface area contributed by atoms with Crippen LogP contribution in [0.25, 0.3) is 0 Å². The molecule has 1 heterocycles. The summed E-state index contributed by atoms with van der Waals surface area (Å²) >= 11 is 0. The van der Waals surface area contributed by atoms with Gasteiger partial charge in [0.2, 0.25) is 5.91 Å². The summed E-state index contributed by atoms with van der Waals surface area (Å²) in [6, 6.07) is 4.07. The van der Waals surface area contributed by atoms with Gasteiger partial charge in [0.25, 0.3) is 0 Å². The lowest BCUT2D eigenvalue weighted by Gasteiger charge is -2.07. The van der Waals surface area contributed by atoms with E-state index in [1.807, 2.05) is 12.1 Å². The Bertz CT molecular complexity index is 281. The molecule has 4 nitrogen and oxygen atoms in total. The largest absolute Gasteiger partial charge is 0.467 e. The molecule has 0 aliphatic rings. The van der Waals surface area contributed by atoms with Gasteiger partial charge < -0.3 is 15.1 Å². The predicted molar refractivity (Wildman–Crippen MR) is 58.3 cm³/mol. The molecule has 4 heteroatoms. The lowest BCUT2D eigenvalue weighted by Crippen LogP contribution is -2.30. The normalized spacial score (nSPS) is 10.6. The number of carbonyl (C=O) groups excluding carboxylic acids is 1. The Morgan fingerprint density at radius 2 is 2.33 bits per heavy atom. The third-order valence-electron chi connectivity index (χ3n) is 1.94. The molecular weight excluding hydrogens is 192 g/mol. The van der Waals surface area contributed by atoms with Crippen LogP contribution in [-0.2, 0) is 11.3 Å². The topological polar surface area (TPSA) is 54.3 Å². The van der Waals surface area contributed by atoms with Crippen molar-refractivity contribution in [3.63, 3.8) is 0 Å². The molecule has 15 heavy (non-hydrogen) atoms. The summed E-state index contributed by atoms with van der Waals surface area (Å²) in [5.74, 6) is 0.819. The molecule has 0 bridgehead atoms. The highest BCUT2D eigenvalue weighted by Gasteiger charge is 2.02. The van der Waals surface area contributed by atoms with Gasteiger partial charge in [-0.05, 0) is 12.1 Å². The van der Waals surface area contributed by atoms with E-state index < -0.39 is 0 Å². The summed E-state index contributed by atoms with van der Waals surface area (Å²) in [5, 5.41) is 5.97. The van der Waals surface area contributed by atoms with Crippen molar-refractivity contribution in [2.45, 2.75) is 32.9 Å². The molecule has 0 saturated heterocycles.